The van der Waals surface area contributed by atoms with E-state index in [4.69, 9.17) is 5.73 Å². The van der Waals surface area contributed by atoms with Gasteiger partial charge >= 0.3 is 0 Å². The van der Waals surface area contributed by atoms with Gasteiger partial charge in [-0.15, -0.1) is 0 Å². The fourth-order valence-corrected chi connectivity index (χ4v) is 3.03. The zero-order valence-electron chi connectivity index (χ0n) is 12.6. The topological polar surface area (TPSA) is 55.1 Å². The normalized spacial score (nSPS) is 22.5. The number of nitrogens with two attached hydrogens (primary N) is 1. The van der Waals surface area contributed by atoms with E-state index in [1.54, 1.807) is 6.92 Å². The molecule has 1 fully saturated rings. The Balaban J connectivity index is 1.79. The smallest absolute Gasteiger partial charge is 0.161 e. The van der Waals surface area contributed by atoms with Gasteiger partial charge in [0.15, 0.2) is 5.78 Å². The highest BCUT2D eigenvalue weighted by Crippen LogP contribution is 2.30. The van der Waals surface area contributed by atoms with Crippen molar-refractivity contribution < 1.29 is 4.79 Å². The zero-order chi connectivity index (χ0) is 14.5. The van der Waals surface area contributed by atoms with Crippen LogP contribution in [0.2, 0.25) is 0 Å². The number of ketones is 1. The fourth-order valence-electron chi connectivity index (χ4n) is 3.03. The van der Waals surface area contributed by atoms with Crippen LogP contribution in [0.5, 0.6) is 0 Å². The lowest BCUT2D eigenvalue weighted by Gasteiger charge is -2.26. The van der Waals surface area contributed by atoms with Crippen molar-refractivity contribution >= 4 is 17.2 Å². The number of nitrogen functional groups attached to an aromatic ring is 1. The number of hydrogen-bond donors (Lipinski definition) is 2. The summed E-state index contributed by atoms with van der Waals surface area (Å²) in [5, 5.41) is 3.42. The molecule has 0 aliphatic heterocycles. The minimum Gasteiger partial charge on any atom is -0.398 e. The number of anilines is 2. The Morgan fingerprint density at radius 2 is 2.00 bits per heavy atom. The van der Waals surface area contributed by atoms with E-state index in [9.17, 15) is 4.79 Å². The molecule has 20 heavy (non-hydrogen) atoms. The van der Waals surface area contributed by atoms with Crippen LogP contribution >= 0.6 is 0 Å². The summed E-state index contributed by atoms with van der Waals surface area (Å²) < 4.78 is 0. The van der Waals surface area contributed by atoms with Gasteiger partial charge in [-0.25, -0.2) is 0 Å². The number of Topliss-reactive ketones (excluding diaryl/α,β-unsaturated/α-hetero) is 1. The predicted octanol–water partition coefficient (Wildman–Crippen LogP) is 4.10. The van der Waals surface area contributed by atoms with Crippen molar-refractivity contribution in [1.82, 2.24) is 0 Å². The largest absolute Gasteiger partial charge is 0.398 e. The van der Waals surface area contributed by atoms with Gasteiger partial charge < -0.3 is 11.1 Å². The Hall–Kier alpha value is -1.51. The minimum absolute atomic E-state index is 0.0189. The maximum Gasteiger partial charge on any atom is 0.161 e. The van der Waals surface area contributed by atoms with E-state index >= 15 is 0 Å². The molecule has 3 N–H and O–H groups in total. The van der Waals surface area contributed by atoms with Crippen LogP contribution in [-0.4, -0.2) is 12.3 Å². The number of hydrogen-bond acceptors (Lipinski definition) is 3. The van der Waals surface area contributed by atoms with Gasteiger partial charge in [0.1, 0.15) is 0 Å². The summed E-state index contributed by atoms with van der Waals surface area (Å²) in [5.74, 6) is 1.80. The highest BCUT2D eigenvalue weighted by Gasteiger charge is 2.17. The SMILES string of the molecule is CC(=O)c1ccc(NCCC2CCC(C)CC2)cc1N. The summed E-state index contributed by atoms with van der Waals surface area (Å²) in [7, 11) is 0. The van der Waals surface area contributed by atoms with E-state index in [0.717, 1.165) is 24.1 Å². The molecule has 1 aromatic carbocycles. The average molecular weight is 274 g/mol. The molecule has 1 aliphatic rings. The molecule has 0 atom stereocenters. The van der Waals surface area contributed by atoms with Crippen LogP contribution in [0.3, 0.4) is 0 Å². The van der Waals surface area contributed by atoms with E-state index in [0.29, 0.717) is 11.3 Å². The number of nitrogens with one attached hydrogen (secondary N) is 1. The first-order valence-corrected chi connectivity index (χ1v) is 7.70. The van der Waals surface area contributed by atoms with Crippen molar-refractivity contribution in [2.75, 3.05) is 17.6 Å². The zero-order valence-corrected chi connectivity index (χ0v) is 12.6. The van der Waals surface area contributed by atoms with Crippen molar-refractivity contribution in [3.8, 4) is 0 Å². The van der Waals surface area contributed by atoms with Gasteiger partial charge in [0.25, 0.3) is 0 Å². The van der Waals surface area contributed by atoms with E-state index in [-0.39, 0.29) is 5.78 Å². The molecular formula is C17H26N2O. The average Bonchev–Trinajstić information content (AvgIpc) is 2.41. The molecule has 1 saturated carbocycles. The summed E-state index contributed by atoms with van der Waals surface area (Å²) >= 11 is 0. The van der Waals surface area contributed by atoms with Gasteiger partial charge in [-0.2, -0.15) is 0 Å². The van der Waals surface area contributed by atoms with Crippen LogP contribution in [0.1, 0.15) is 56.3 Å². The Kier molecular flexibility index (Phi) is 5.05. The maximum atomic E-state index is 11.3. The molecular weight excluding hydrogens is 248 g/mol. The van der Waals surface area contributed by atoms with Crippen molar-refractivity contribution in [1.29, 1.82) is 0 Å². The molecule has 0 amide bonds. The second-order valence-corrected chi connectivity index (χ2v) is 6.20. The Bertz CT molecular complexity index is 462. The first-order valence-electron chi connectivity index (χ1n) is 7.70. The highest BCUT2D eigenvalue weighted by atomic mass is 16.1. The summed E-state index contributed by atoms with van der Waals surface area (Å²) in [6.07, 6.45) is 6.72. The van der Waals surface area contributed by atoms with Crippen molar-refractivity contribution in [3.05, 3.63) is 23.8 Å². The van der Waals surface area contributed by atoms with Crippen molar-refractivity contribution in [2.24, 2.45) is 11.8 Å². The van der Waals surface area contributed by atoms with Crippen LogP contribution in [0.15, 0.2) is 18.2 Å². The Labute approximate surface area is 121 Å². The quantitative estimate of drug-likeness (QED) is 0.628. The molecule has 0 spiro atoms. The molecule has 110 valence electrons. The molecule has 2 rings (SSSR count). The van der Waals surface area contributed by atoms with Gasteiger partial charge in [0.2, 0.25) is 0 Å². The summed E-state index contributed by atoms with van der Waals surface area (Å²) in [4.78, 5) is 11.3. The van der Waals surface area contributed by atoms with Gasteiger partial charge in [-0.3, -0.25) is 4.79 Å². The third-order valence-corrected chi connectivity index (χ3v) is 4.45. The van der Waals surface area contributed by atoms with Crippen LogP contribution in [0.25, 0.3) is 0 Å². The van der Waals surface area contributed by atoms with E-state index in [1.807, 2.05) is 18.2 Å². The monoisotopic (exact) mass is 274 g/mol. The third-order valence-electron chi connectivity index (χ3n) is 4.45. The van der Waals surface area contributed by atoms with Gasteiger partial charge in [0, 0.05) is 23.5 Å². The van der Waals surface area contributed by atoms with E-state index in [1.165, 1.54) is 32.1 Å². The maximum absolute atomic E-state index is 11.3. The Morgan fingerprint density at radius 1 is 1.30 bits per heavy atom. The third kappa shape index (κ3) is 3.99. The van der Waals surface area contributed by atoms with E-state index < -0.39 is 0 Å². The second-order valence-electron chi connectivity index (χ2n) is 6.20. The van der Waals surface area contributed by atoms with Crippen LogP contribution in [0.4, 0.5) is 11.4 Å². The fraction of sp³-hybridized carbons (Fsp3) is 0.588. The summed E-state index contributed by atoms with van der Waals surface area (Å²) in [5.41, 5.74) is 8.07. The molecule has 0 radical (unpaired) electrons. The van der Waals surface area contributed by atoms with Crippen LogP contribution < -0.4 is 11.1 Å². The molecule has 0 saturated heterocycles. The van der Waals surface area contributed by atoms with E-state index in [2.05, 4.69) is 12.2 Å². The molecule has 3 nitrogen and oxygen atoms in total. The van der Waals surface area contributed by atoms with Crippen LogP contribution in [0, 0.1) is 11.8 Å². The Morgan fingerprint density at radius 3 is 2.60 bits per heavy atom. The van der Waals surface area contributed by atoms with Crippen LogP contribution in [-0.2, 0) is 0 Å². The first kappa shape index (κ1) is 14.9. The number of carbonyl (C=O) groups excluding carboxylic acids is 1. The molecule has 0 unspecified atom stereocenters. The highest BCUT2D eigenvalue weighted by molar-refractivity contribution is 5.99. The number of carbonyl (C=O) groups is 1. The second kappa shape index (κ2) is 6.78. The van der Waals surface area contributed by atoms with Gasteiger partial charge in [0.05, 0.1) is 0 Å². The number of benzene rings is 1. The van der Waals surface area contributed by atoms with Gasteiger partial charge in [-0.1, -0.05) is 32.6 Å². The summed E-state index contributed by atoms with van der Waals surface area (Å²) in [6.45, 7) is 4.88. The molecule has 3 heteroatoms. The first-order chi connectivity index (χ1) is 9.56. The van der Waals surface area contributed by atoms with Gasteiger partial charge in [-0.05, 0) is 43.4 Å². The molecule has 1 aliphatic carbocycles. The molecule has 1 aromatic rings. The molecule has 0 aromatic heterocycles. The lowest BCUT2D eigenvalue weighted by Crippen LogP contribution is -2.15. The molecule has 0 bridgehead atoms. The minimum atomic E-state index is 0.0189. The molecule has 0 heterocycles. The lowest BCUT2D eigenvalue weighted by atomic mass is 9.81. The van der Waals surface area contributed by atoms with Crippen molar-refractivity contribution in [2.45, 2.75) is 46.0 Å². The standard InChI is InChI=1S/C17H26N2O/c1-12-3-5-14(6-4-12)9-10-19-15-7-8-16(13(2)20)17(18)11-15/h7-8,11-12,14,19H,3-6,9-10,18H2,1-2H3. The summed E-state index contributed by atoms with van der Waals surface area (Å²) in [6, 6.07) is 5.61. The lowest BCUT2D eigenvalue weighted by molar-refractivity contribution is 0.101. The number of rotatable bonds is 5. The van der Waals surface area contributed by atoms with Crippen molar-refractivity contribution in [3.63, 3.8) is 0 Å². The predicted molar refractivity (Wildman–Crippen MR) is 85.1 cm³/mol.